The van der Waals surface area contributed by atoms with Gasteiger partial charge in [0.25, 0.3) is 0 Å². The molecule has 0 heterocycles. The van der Waals surface area contributed by atoms with Crippen molar-refractivity contribution in [3.8, 4) is 11.5 Å². The number of halogens is 1. The Hall–Kier alpha value is -0.890. The first kappa shape index (κ1) is 12.6. The number of ether oxygens (including phenoxy) is 2. The number of rotatable bonds is 5. The van der Waals surface area contributed by atoms with E-state index in [9.17, 15) is 0 Å². The standard InChI is InChI=1S/C14H19ClO2/c1-9-6-13(16-2)14(17-3)8-11(9)12(15)7-10-4-5-10/h6,8,10,12H,4-5,7H2,1-3H3. The van der Waals surface area contributed by atoms with Gasteiger partial charge < -0.3 is 9.47 Å². The second kappa shape index (κ2) is 5.18. The van der Waals surface area contributed by atoms with E-state index < -0.39 is 0 Å². The highest BCUT2D eigenvalue weighted by molar-refractivity contribution is 6.21. The van der Waals surface area contributed by atoms with Crippen LogP contribution in [-0.2, 0) is 0 Å². The molecule has 1 aromatic carbocycles. The summed E-state index contributed by atoms with van der Waals surface area (Å²) < 4.78 is 10.6. The van der Waals surface area contributed by atoms with E-state index in [-0.39, 0.29) is 5.38 Å². The van der Waals surface area contributed by atoms with Gasteiger partial charge in [0, 0.05) is 0 Å². The lowest BCUT2D eigenvalue weighted by molar-refractivity contribution is 0.354. The highest BCUT2D eigenvalue weighted by Gasteiger charge is 2.26. The van der Waals surface area contributed by atoms with Gasteiger partial charge in [-0.1, -0.05) is 12.8 Å². The molecule has 2 nitrogen and oxygen atoms in total. The molecule has 1 atom stereocenters. The Labute approximate surface area is 108 Å². The Kier molecular flexibility index (Phi) is 3.82. The molecule has 0 aliphatic heterocycles. The summed E-state index contributed by atoms with van der Waals surface area (Å²) in [7, 11) is 3.31. The number of aryl methyl sites for hydroxylation is 1. The molecule has 0 radical (unpaired) electrons. The van der Waals surface area contributed by atoms with Crippen molar-refractivity contribution in [2.24, 2.45) is 5.92 Å². The minimum atomic E-state index is 0.0855. The Morgan fingerprint density at radius 1 is 1.24 bits per heavy atom. The minimum absolute atomic E-state index is 0.0855. The zero-order chi connectivity index (χ0) is 12.4. The molecule has 17 heavy (non-hydrogen) atoms. The highest BCUT2D eigenvalue weighted by atomic mass is 35.5. The Morgan fingerprint density at radius 2 is 1.82 bits per heavy atom. The number of benzene rings is 1. The molecule has 0 aromatic heterocycles. The monoisotopic (exact) mass is 254 g/mol. The molecule has 0 saturated heterocycles. The van der Waals surface area contributed by atoms with Crippen LogP contribution >= 0.6 is 11.6 Å². The largest absolute Gasteiger partial charge is 0.493 e. The number of hydrogen-bond acceptors (Lipinski definition) is 2. The second-order valence-electron chi connectivity index (χ2n) is 4.71. The van der Waals surface area contributed by atoms with Crippen molar-refractivity contribution in [3.63, 3.8) is 0 Å². The van der Waals surface area contributed by atoms with E-state index in [4.69, 9.17) is 21.1 Å². The predicted octanol–water partition coefficient (Wildman–Crippen LogP) is 4.09. The van der Waals surface area contributed by atoms with Gasteiger partial charge in [-0.05, 0) is 42.5 Å². The molecule has 0 spiro atoms. The lowest BCUT2D eigenvalue weighted by Gasteiger charge is -2.16. The summed E-state index contributed by atoms with van der Waals surface area (Å²) in [4.78, 5) is 0. The number of methoxy groups -OCH3 is 2. The van der Waals surface area contributed by atoms with E-state index in [0.29, 0.717) is 0 Å². The summed E-state index contributed by atoms with van der Waals surface area (Å²) in [6.07, 6.45) is 3.73. The molecule has 0 N–H and O–H groups in total. The van der Waals surface area contributed by atoms with Crippen LogP contribution in [0.5, 0.6) is 11.5 Å². The van der Waals surface area contributed by atoms with Crippen LogP contribution in [0.1, 0.15) is 35.8 Å². The fourth-order valence-electron chi connectivity index (χ4n) is 2.11. The molecule has 94 valence electrons. The molecule has 1 aliphatic rings. The molecule has 0 amide bonds. The van der Waals surface area contributed by atoms with Gasteiger partial charge in [0.2, 0.25) is 0 Å². The molecule has 0 bridgehead atoms. The van der Waals surface area contributed by atoms with Gasteiger partial charge >= 0.3 is 0 Å². The summed E-state index contributed by atoms with van der Waals surface area (Å²) in [5.74, 6) is 2.35. The van der Waals surface area contributed by atoms with Crippen LogP contribution in [0.4, 0.5) is 0 Å². The fourth-order valence-corrected chi connectivity index (χ4v) is 2.59. The van der Waals surface area contributed by atoms with Gasteiger partial charge in [-0.2, -0.15) is 0 Å². The van der Waals surface area contributed by atoms with E-state index in [2.05, 4.69) is 6.92 Å². The van der Waals surface area contributed by atoms with Crippen molar-refractivity contribution in [2.75, 3.05) is 14.2 Å². The lowest BCUT2D eigenvalue weighted by Crippen LogP contribution is -1.99. The Balaban J connectivity index is 2.25. The van der Waals surface area contributed by atoms with E-state index in [1.165, 1.54) is 18.4 Å². The van der Waals surface area contributed by atoms with Gasteiger partial charge in [0.15, 0.2) is 11.5 Å². The van der Waals surface area contributed by atoms with E-state index in [1.807, 2.05) is 12.1 Å². The smallest absolute Gasteiger partial charge is 0.161 e. The van der Waals surface area contributed by atoms with E-state index in [1.54, 1.807) is 14.2 Å². The van der Waals surface area contributed by atoms with Crippen molar-refractivity contribution >= 4 is 11.6 Å². The molecule has 1 unspecified atom stereocenters. The SMILES string of the molecule is COc1cc(C)c(C(Cl)CC2CC2)cc1OC. The molecule has 1 saturated carbocycles. The van der Waals surface area contributed by atoms with Crippen LogP contribution < -0.4 is 9.47 Å². The van der Waals surface area contributed by atoms with Gasteiger partial charge in [-0.3, -0.25) is 0 Å². The topological polar surface area (TPSA) is 18.5 Å². The third-order valence-corrected chi connectivity index (χ3v) is 3.76. The van der Waals surface area contributed by atoms with Crippen molar-refractivity contribution < 1.29 is 9.47 Å². The molecule has 2 rings (SSSR count). The van der Waals surface area contributed by atoms with Crippen LogP contribution in [0.25, 0.3) is 0 Å². The van der Waals surface area contributed by atoms with Crippen LogP contribution in [0.2, 0.25) is 0 Å². The van der Waals surface area contributed by atoms with Gasteiger partial charge in [0.05, 0.1) is 19.6 Å². The summed E-state index contributed by atoms with van der Waals surface area (Å²) in [5.41, 5.74) is 2.33. The zero-order valence-corrected chi connectivity index (χ0v) is 11.4. The number of hydrogen-bond donors (Lipinski definition) is 0. The molecule has 1 aromatic rings. The minimum Gasteiger partial charge on any atom is -0.493 e. The summed E-state index contributed by atoms with van der Waals surface area (Å²) in [6, 6.07) is 4.00. The van der Waals surface area contributed by atoms with E-state index in [0.717, 1.165) is 29.4 Å². The van der Waals surface area contributed by atoms with Crippen LogP contribution in [0, 0.1) is 12.8 Å². The van der Waals surface area contributed by atoms with Crippen molar-refractivity contribution in [2.45, 2.75) is 31.6 Å². The van der Waals surface area contributed by atoms with Gasteiger partial charge in [-0.25, -0.2) is 0 Å². The average Bonchev–Trinajstić information content (AvgIpc) is 3.12. The number of alkyl halides is 1. The zero-order valence-electron chi connectivity index (χ0n) is 10.6. The maximum atomic E-state index is 6.47. The predicted molar refractivity (Wildman–Crippen MR) is 70.2 cm³/mol. The van der Waals surface area contributed by atoms with Gasteiger partial charge in [-0.15, -0.1) is 11.6 Å². The Bertz CT molecular complexity index is 399. The molecular weight excluding hydrogens is 236 g/mol. The summed E-state index contributed by atoms with van der Waals surface area (Å²) >= 11 is 6.47. The van der Waals surface area contributed by atoms with E-state index >= 15 is 0 Å². The Morgan fingerprint density at radius 3 is 2.35 bits per heavy atom. The van der Waals surface area contributed by atoms with Crippen LogP contribution in [-0.4, -0.2) is 14.2 Å². The normalized spacial score (nSPS) is 16.7. The first-order valence-corrected chi connectivity index (χ1v) is 6.46. The first-order chi connectivity index (χ1) is 8.15. The molecule has 3 heteroatoms. The van der Waals surface area contributed by atoms with Gasteiger partial charge in [0.1, 0.15) is 0 Å². The van der Waals surface area contributed by atoms with Crippen molar-refractivity contribution in [1.82, 2.24) is 0 Å². The van der Waals surface area contributed by atoms with Crippen molar-refractivity contribution in [3.05, 3.63) is 23.3 Å². The fraction of sp³-hybridized carbons (Fsp3) is 0.571. The third kappa shape index (κ3) is 2.86. The molecular formula is C14H19ClO2. The third-order valence-electron chi connectivity index (χ3n) is 3.35. The summed E-state index contributed by atoms with van der Waals surface area (Å²) in [6.45, 7) is 2.07. The quantitative estimate of drug-likeness (QED) is 0.737. The second-order valence-corrected chi connectivity index (χ2v) is 5.24. The maximum Gasteiger partial charge on any atom is 0.161 e. The van der Waals surface area contributed by atoms with Crippen LogP contribution in [0.3, 0.4) is 0 Å². The first-order valence-electron chi connectivity index (χ1n) is 6.02. The van der Waals surface area contributed by atoms with Crippen LogP contribution in [0.15, 0.2) is 12.1 Å². The summed E-state index contributed by atoms with van der Waals surface area (Å²) in [5, 5.41) is 0.0855. The maximum absolute atomic E-state index is 6.47. The average molecular weight is 255 g/mol. The molecule has 1 aliphatic carbocycles. The molecule has 1 fully saturated rings. The lowest BCUT2D eigenvalue weighted by atomic mass is 10.0. The van der Waals surface area contributed by atoms with Crippen molar-refractivity contribution in [1.29, 1.82) is 0 Å². The highest BCUT2D eigenvalue weighted by Crippen LogP contribution is 2.43.